The number of carbonyl (C=O) groups is 1. The molecule has 0 radical (unpaired) electrons. The lowest BCUT2D eigenvalue weighted by Gasteiger charge is -2.14. The van der Waals surface area contributed by atoms with Crippen molar-refractivity contribution in [3.8, 4) is 5.75 Å². The molecule has 110 valence electrons. The topological polar surface area (TPSA) is 70.6 Å². The number of carbonyl (C=O) groups excluding carboxylic acids is 1. The van der Waals surface area contributed by atoms with Crippen LogP contribution in [0, 0.1) is 11.7 Å². The van der Waals surface area contributed by atoms with Gasteiger partial charge in [0.1, 0.15) is 0 Å². The van der Waals surface area contributed by atoms with Gasteiger partial charge in [0.2, 0.25) is 5.91 Å². The average molecular weight is 282 g/mol. The number of nitrogens with one attached hydrogen (secondary N) is 2. The maximum atomic E-state index is 13.2. The SMILES string of the molecule is O=C(CCOc1ccccc1F)NCC1CNCC1O. The van der Waals surface area contributed by atoms with Crippen molar-refractivity contribution in [1.29, 1.82) is 0 Å². The molecule has 1 aliphatic heterocycles. The molecule has 0 aliphatic carbocycles. The Balaban J connectivity index is 1.64. The van der Waals surface area contributed by atoms with Crippen LogP contribution in [0.4, 0.5) is 4.39 Å². The molecule has 1 saturated heterocycles. The van der Waals surface area contributed by atoms with Crippen LogP contribution in [0.5, 0.6) is 5.75 Å². The zero-order valence-corrected chi connectivity index (χ0v) is 11.1. The minimum absolute atomic E-state index is 0.0476. The summed E-state index contributed by atoms with van der Waals surface area (Å²) in [7, 11) is 0. The van der Waals surface area contributed by atoms with E-state index in [1.165, 1.54) is 12.1 Å². The third kappa shape index (κ3) is 4.18. The van der Waals surface area contributed by atoms with Crippen LogP contribution in [0.1, 0.15) is 6.42 Å². The van der Waals surface area contributed by atoms with E-state index in [1.54, 1.807) is 12.1 Å². The van der Waals surface area contributed by atoms with Gasteiger partial charge in [0.25, 0.3) is 0 Å². The number of para-hydroxylation sites is 1. The number of β-amino-alcohol motifs (C(OH)–C–C–N with tert-alkyl or cyclic N) is 1. The highest BCUT2D eigenvalue weighted by Gasteiger charge is 2.24. The molecule has 1 aromatic carbocycles. The van der Waals surface area contributed by atoms with Crippen molar-refractivity contribution < 1.29 is 19.0 Å². The highest BCUT2D eigenvalue weighted by molar-refractivity contribution is 5.76. The van der Waals surface area contributed by atoms with Gasteiger partial charge in [0, 0.05) is 25.6 Å². The summed E-state index contributed by atoms with van der Waals surface area (Å²) in [5, 5.41) is 15.4. The van der Waals surface area contributed by atoms with Crippen molar-refractivity contribution >= 4 is 5.91 Å². The van der Waals surface area contributed by atoms with Gasteiger partial charge in [-0.2, -0.15) is 0 Å². The highest BCUT2D eigenvalue weighted by Crippen LogP contribution is 2.15. The largest absolute Gasteiger partial charge is 0.490 e. The molecule has 0 spiro atoms. The highest BCUT2D eigenvalue weighted by atomic mass is 19.1. The second kappa shape index (κ2) is 7.21. The van der Waals surface area contributed by atoms with Gasteiger partial charge in [-0.3, -0.25) is 4.79 Å². The molecule has 0 saturated carbocycles. The van der Waals surface area contributed by atoms with Crippen LogP contribution in [0.15, 0.2) is 24.3 Å². The summed E-state index contributed by atoms with van der Waals surface area (Å²) in [5.41, 5.74) is 0. The second-order valence-corrected chi connectivity index (χ2v) is 4.82. The van der Waals surface area contributed by atoms with Gasteiger partial charge in [-0.1, -0.05) is 12.1 Å². The molecule has 1 aromatic rings. The average Bonchev–Trinajstić information content (AvgIpc) is 2.84. The van der Waals surface area contributed by atoms with Gasteiger partial charge in [-0.25, -0.2) is 4.39 Å². The van der Waals surface area contributed by atoms with Crippen LogP contribution >= 0.6 is 0 Å². The third-order valence-corrected chi connectivity index (χ3v) is 3.29. The fourth-order valence-corrected chi connectivity index (χ4v) is 2.08. The standard InChI is InChI=1S/C14H19FN2O3/c15-11-3-1-2-4-13(11)20-6-5-14(19)17-8-10-7-16-9-12(10)18/h1-4,10,12,16,18H,5-9H2,(H,17,19). The van der Waals surface area contributed by atoms with Crippen LogP contribution in [-0.4, -0.2) is 43.4 Å². The van der Waals surface area contributed by atoms with Crippen molar-refractivity contribution in [1.82, 2.24) is 10.6 Å². The van der Waals surface area contributed by atoms with Crippen LogP contribution in [0.3, 0.4) is 0 Å². The molecule has 2 rings (SSSR count). The summed E-state index contributed by atoms with van der Waals surface area (Å²) in [6, 6.07) is 6.08. The number of amides is 1. The normalized spacial score (nSPS) is 21.7. The van der Waals surface area contributed by atoms with E-state index in [-0.39, 0.29) is 30.6 Å². The smallest absolute Gasteiger partial charge is 0.223 e. The van der Waals surface area contributed by atoms with Gasteiger partial charge in [-0.15, -0.1) is 0 Å². The molecule has 3 N–H and O–H groups in total. The number of rotatable bonds is 6. The predicted molar refractivity (Wildman–Crippen MR) is 71.9 cm³/mol. The predicted octanol–water partition coefficient (Wildman–Crippen LogP) is 0.291. The summed E-state index contributed by atoms with van der Waals surface area (Å²) in [4.78, 5) is 11.6. The van der Waals surface area contributed by atoms with Crippen LogP contribution in [0.2, 0.25) is 0 Å². The number of aliphatic hydroxyl groups is 1. The van der Waals surface area contributed by atoms with E-state index in [2.05, 4.69) is 10.6 Å². The fraction of sp³-hybridized carbons (Fsp3) is 0.500. The number of hydrogen-bond donors (Lipinski definition) is 3. The molecule has 20 heavy (non-hydrogen) atoms. The van der Waals surface area contributed by atoms with Crippen LogP contribution in [0.25, 0.3) is 0 Å². The van der Waals surface area contributed by atoms with E-state index >= 15 is 0 Å². The van der Waals surface area contributed by atoms with Crippen molar-refractivity contribution in [2.45, 2.75) is 12.5 Å². The Kier molecular flexibility index (Phi) is 5.31. The lowest BCUT2D eigenvalue weighted by molar-refractivity contribution is -0.121. The first-order chi connectivity index (χ1) is 9.66. The first kappa shape index (κ1) is 14.7. The Morgan fingerprint density at radius 3 is 2.95 bits per heavy atom. The molecule has 2 atom stereocenters. The number of benzene rings is 1. The molecule has 0 aromatic heterocycles. The summed E-state index contributed by atoms with van der Waals surface area (Å²) >= 11 is 0. The van der Waals surface area contributed by atoms with Crippen LogP contribution in [-0.2, 0) is 4.79 Å². The Morgan fingerprint density at radius 2 is 2.25 bits per heavy atom. The zero-order chi connectivity index (χ0) is 14.4. The van der Waals surface area contributed by atoms with E-state index in [4.69, 9.17) is 4.74 Å². The maximum Gasteiger partial charge on any atom is 0.223 e. The van der Waals surface area contributed by atoms with Crippen LogP contribution < -0.4 is 15.4 Å². The Morgan fingerprint density at radius 1 is 1.45 bits per heavy atom. The Hall–Kier alpha value is -1.66. The number of hydrogen-bond acceptors (Lipinski definition) is 4. The van der Waals surface area contributed by atoms with Crippen molar-refractivity contribution in [2.75, 3.05) is 26.2 Å². The second-order valence-electron chi connectivity index (χ2n) is 4.82. The molecular formula is C14H19FN2O3. The fourth-order valence-electron chi connectivity index (χ4n) is 2.08. The van der Waals surface area contributed by atoms with Gasteiger partial charge in [0.05, 0.1) is 19.1 Å². The molecule has 5 nitrogen and oxygen atoms in total. The number of ether oxygens (including phenoxy) is 1. The lowest BCUT2D eigenvalue weighted by atomic mass is 10.1. The zero-order valence-electron chi connectivity index (χ0n) is 11.1. The third-order valence-electron chi connectivity index (χ3n) is 3.29. The van der Waals surface area contributed by atoms with Gasteiger partial charge >= 0.3 is 0 Å². The molecule has 1 heterocycles. The Bertz CT molecular complexity index is 456. The van der Waals surface area contributed by atoms with Gasteiger partial charge in [-0.05, 0) is 12.1 Å². The first-order valence-corrected chi connectivity index (χ1v) is 6.69. The monoisotopic (exact) mass is 282 g/mol. The van der Waals surface area contributed by atoms with E-state index in [9.17, 15) is 14.3 Å². The summed E-state index contributed by atoms with van der Waals surface area (Å²) in [6.07, 6.45) is -0.255. The van der Waals surface area contributed by atoms with Gasteiger partial charge in [0.15, 0.2) is 11.6 Å². The Labute approximate surface area is 117 Å². The molecule has 0 bridgehead atoms. The van der Waals surface area contributed by atoms with Crippen molar-refractivity contribution in [3.63, 3.8) is 0 Å². The van der Waals surface area contributed by atoms with E-state index in [1.807, 2.05) is 0 Å². The molecular weight excluding hydrogens is 263 g/mol. The summed E-state index contributed by atoms with van der Waals surface area (Å²) in [6.45, 7) is 1.83. The lowest BCUT2D eigenvalue weighted by Crippen LogP contribution is -2.34. The quantitative estimate of drug-likeness (QED) is 0.701. The minimum atomic E-state index is -0.437. The first-order valence-electron chi connectivity index (χ1n) is 6.69. The molecule has 1 fully saturated rings. The van der Waals surface area contributed by atoms with Crippen molar-refractivity contribution in [3.05, 3.63) is 30.1 Å². The molecule has 1 amide bonds. The molecule has 6 heteroatoms. The van der Waals surface area contributed by atoms with E-state index in [0.29, 0.717) is 19.6 Å². The molecule has 2 unspecified atom stereocenters. The minimum Gasteiger partial charge on any atom is -0.490 e. The molecule has 1 aliphatic rings. The summed E-state index contributed by atoms with van der Waals surface area (Å²) in [5.74, 6) is -0.407. The number of halogens is 1. The van der Waals surface area contributed by atoms with E-state index in [0.717, 1.165) is 0 Å². The summed E-state index contributed by atoms with van der Waals surface area (Å²) < 4.78 is 18.5. The number of aliphatic hydroxyl groups excluding tert-OH is 1. The van der Waals surface area contributed by atoms with Gasteiger partial charge < -0.3 is 20.5 Å². The van der Waals surface area contributed by atoms with E-state index < -0.39 is 11.9 Å². The van der Waals surface area contributed by atoms with Crippen molar-refractivity contribution in [2.24, 2.45) is 5.92 Å². The maximum absolute atomic E-state index is 13.2.